The molecule has 7 rings (SSSR count). The molecule has 2 aliphatic heterocycles. The number of imidazole rings is 2. The van der Waals surface area contributed by atoms with Gasteiger partial charge in [0, 0.05) is 38.0 Å². The Kier molecular flexibility index (Phi) is 27.5. The molecule has 0 saturated carbocycles. The summed E-state index contributed by atoms with van der Waals surface area (Å²) >= 11 is 0.809. The fourth-order valence-corrected chi connectivity index (χ4v) is 12.1. The molecule has 0 spiro atoms. The smallest absolute Gasteiger partial charge is 0.382 e. The number of carbonyl (C=O) groups excluding carboxylic acids is 5. The van der Waals surface area contributed by atoms with Crippen LogP contribution < -0.4 is 43.4 Å². The topological polar surface area (TPSA) is 467 Å². The second-order valence-corrected chi connectivity index (χ2v) is 24.4. The third-order valence-corrected chi connectivity index (χ3v) is 16.8. The maximum atomic E-state index is 15.0. The van der Waals surface area contributed by atoms with Crippen LogP contribution in [0, 0.1) is 0 Å². The highest BCUT2D eigenvalue weighted by Gasteiger charge is 2.44. The van der Waals surface area contributed by atoms with E-state index in [1.54, 1.807) is 35.9 Å². The first-order chi connectivity index (χ1) is 42.4. The standard InChI is InChI=1S/C49H71N15O21P2S/c1-31(61-37(65)20-54-40(68)25-78-16-14-76-11-9-52-38(66)23-77-15-13-75-12-10-53-39(67)24-79-17-18-80-51-2)48(69)62-33-5-3-32(4-6-33)26-88-87(74,82-21-34-7-8-41(83-34)63-29-59-43-45(50)55-27-56-46(43)63)85-35-19-42(84-36(35)22-81-86(71,72)73)64-30-60-44-47(64)57-28-58-49(44)70/h3-6,27-31,34-36,41-42,51H,7-26H2,1-2H3,(H,52,66)(H,53,67)(H,54,68)(H,61,65)(H,62,69)(H2,50,55,56)(H,57,58,70)(H2,71,72,73)/t31-,34-,35-,36+,41+,42+,87?/m0/s1. The summed E-state index contributed by atoms with van der Waals surface area (Å²) in [6.45, 7) is -2.77. The van der Waals surface area contributed by atoms with Gasteiger partial charge in [0.05, 0.1) is 97.7 Å². The molecule has 484 valence electrons. The molecule has 0 bridgehead atoms. The van der Waals surface area contributed by atoms with E-state index in [4.69, 9.17) is 57.3 Å². The fourth-order valence-electron chi connectivity index (χ4n) is 8.35. The Hall–Kier alpha value is -6.48. The number of phosphoric ester groups is 1. The molecular formula is C49H71N15O21P2S. The predicted molar refractivity (Wildman–Crippen MR) is 308 cm³/mol. The predicted octanol–water partition coefficient (Wildman–Crippen LogP) is -0.915. The largest absolute Gasteiger partial charge is 0.469 e. The number of fused-ring (bicyclic) bond motifs is 2. The number of anilines is 2. The molecule has 36 nitrogen and oxygen atoms in total. The van der Waals surface area contributed by atoms with Gasteiger partial charge < -0.3 is 80.2 Å². The van der Waals surface area contributed by atoms with E-state index in [-0.39, 0.29) is 127 Å². The highest BCUT2D eigenvalue weighted by atomic mass is 32.7. The van der Waals surface area contributed by atoms with Gasteiger partial charge in [0.15, 0.2) is 22.6 Å². The minimum atomic E-state index is -5.03. The summed E-state index contributed by atoms with van der Waals surface area (Å²) in [4.78, 5) is 122. The Morgan fingerprint density at radius 1 is 0.750 bits per heavy atom. The van der Waals surface area contributed by atoms with Gasteiger partial charge in [0.25, 0.3) is 5.56 Å². The zero-order chi connectivity index (χ0) is 62.9. The van der Waals surface area contributed by atoms with Gasteiger partial charge in [0.1, 0.15) is 62.4 Å². The van der Waals surface area contributed by atoms with Crippen LogP contribution in [-0.4, -0.2) is 215 Å². The highest BCUT2D eigenvalue weighted by Crippen LogP contribution is 2.64. The summed E-state index contributed by atoms with van der Waals surface area (Å²) in [5, 5.41) is 12.9. The molecule has 6 heterocycles. The lowest BCUT2D eigenvalue weighted by atomic mass is 10.2. The van der Waals surface area contributed by atoms with Crippen LogP contribution in [0.1, 0.15) is 44.2 Å². The molecule has 2 saturated heterocycles. The van der Waals surface area contributed by atoms with Crippen molar-refractivity contribution in [2.45, 2.75) is 68.7 Å². The number of H-pyrrole nitrogens is 1. The fraction of sp³-hybridized carbons (Fsp3) is 0.571. The molecule has 0 aliphatic carbocycles. The normalized spacial score (nSPS) is 18.7. The van der Waals surface area contributed by atoms with Gasteiger partial charge in [-0.3, -0.25) is 56.3 Å². The van der Waals surface area contributed by atoms with E-state index in [9.17, 15) is 43.1 Å². The summed E-state index contributed by atoms with van der Waals surface area (Å²) < 4.78 is 86.1. The van der Waals surface area contributed by atoms with Crippen LogP contribution in [0.15, 0.2) is 54.4 Å². The number of rotatable bonds is 40. The molecule has 7 atom stereocenters. The lowest BCUT2D eigenvalue weighted by molar-refractivity contribution is -0.130. The number of hydrogen-bond acceptors (Lipinski definition) is 27. The molecule has 5 amide bonds. The molecule has 5 aromatic rings. The Morgan fingerprint density at radius 3 is 2.05 bits per heavy atom. The Labute approximate surface area is 505 Å². The van der Waals surface area contributed by atoms with Crippen LogP contribution >= 0.6 is 26.0 Å². The SMILES string of the molecule is CNOCCOCC(=O)NCCOCCOCC(=O)NCCOCCOCC(=O)NCC(=O)N[C@@H](C)C(=O)Nc1ccc(CSP(=O)(OC[C@@H]2CC[C@H](n3cnc4c(N)ncnc43)O2)O[C@H]2C[C@H](n3cnc4c(=O)[nH]cnc43)O[C@@H]2COP(=O)(O)O)cc1. The van der Waals surface area contributed by atoms with E-state index in [0.29, 0.717) is 41.9 Å². The van der Waals surface area contributed by atoms with Gasteiger partial charge in [-0.25, -0.2) is 39.5 Å². The van der Waals surface area contributed by atoms with Crippen LogP contribution in [-0.2, 0) is 90.4 Å². The summed E-state index contributed by atoms with van der Waals surface area (Å²) in [6, 6.07) is 5.43. The van der Waals surface area contributed by atoms with Gasteiger partial charge in [0.2, 0.25) is 29.5 Å². The first kappa shape index (κ1) is 69.0. The number of aromatic nitrogens is 8. The number of nitrogens with zero attached hydrogens (tertiary/aromatic N) is 7. The molecule has 88 heavy (non-hydrogen) atoms. The van der Waals surface area contributed by atoms with Gasteiger partial charge in [-0.05, 0) is 48.8 Å². The molecule has 39 heteroatoms. The molecule has 2 aliphatic rings. The summed E-state index contributed by atoms with van der Waals surface area (Å²) in [6.07, 6.45) is 1.73. The van der Waals surface area contributed by atoms with Crippen molar-refractivity contribution in [3.05, 3.63) is 65.5 Å². The lowest BCUT2D eigenvalue weighted by Crippen LogP contribution is -2.46. The first-order valence-corrected chi connectivity index (χ1v) is 32.1. The van der Waals surface area contributed by atoms with Crippen LogP contribution in [0.5, 0.6) is 0 Å². The van der Waals surface area contributed by atoms with Crippen molar-refractivity contribution >= 4 is 89.4 Å². The number of nitrogens with one attached hydrogen (secondary N) is 7. The minimum Gasteiger partial charge on any atom is -0.382 e. The van der Waals surface area contributed by atoms with E-state index in [2.05, 4.69) is 62.0 Å². The number of benzene rings is 1. The number of phosphoric acid groups is 1. The molecule has 4 aromatic heterocycles. The zero-order valence-electron chi connectivity index (χ0n) is 47.9. The molecule has 1 aromatic carbocycles. The molecule has 11 N–H and O–H groups in total. The number of amides is 5. The Bertz CT molecular complexity index is 3230. The van der Waals surface area contributed by atoms with Crippen molar-refractivity contribution in [3.8, 4) is 0 Å². The van der Waals surface area contributed by atoms with E-state index in [1.807, 2.05) is 0 Å². The van der Waals surface area contributed by atoms with Crippen molar-refractivity contribution in [1.82, 2.24) is 65.8 Å². The van der Waals surface area contributed by atoms with Crippen LogP contribution in [0.4, 0.5) is 11.5 Å². The van der Waals surface area contributed by atoms with Gasteiger partial charge in [-0.1, -0.05) is 12.1 Å². The van der Waals surface area contributed by atoms with E-state index < -0.39 is 87.9 Å². The maximum absolute atomic E-state index is 15.0. The number of carbonyl (C=O) groups is 5. The number of hydroxylamine groups is 1. The third-order valence-electron chi connectivity index (χ3n) is 12.6. The van der Waals surface area contributed by atoms with Crippen LogP contribution in [0.3, 0.4) is 0 Å². The number of ether oxygens (including phenoxy) is 7. The van der Waals surface area contributed by atoms with Gasteiger partial charge >= 0.3 is 14.6 Å². The maximum Gasteiger partial charge on any atom is 0.469 e. The minimum absolute atomic E-state index is 0.00306. The molecule has 0 radical (unpaired) electrons. The van der Waals surface area contributed by atoms with Crippen molar-refractivity contribution in [1.29, 1.82) is 0 Å². The first-order valence-electron chi connectivity index (χ1n) is 27.4. The van der Waals surface area contributed by atoms with Crippen molar-refractivity contribution in [2.24, 2.45) is 0 Å². The molecule has 2 fully saturated rings. The molecule has 1 unspecified atom stereocenters. The summed E-state index contributed by atoms with van der Waals surface area (Å²) in [5.41, 5.74) is 9.93. The van der Waals surface area contributed by atoms with E-state index in [0.717, 1.165) is 11.4 Å². The highest BCUT2D eigenvalue weighted by molar-refractivity contribution is 8.54. The Morgan fingerprint density at radius 2 is 1.38 bits per heavy atom. The Balaban J connectivity index is 0.801. The van der Waals surface area contributed by atoms with Crippen molar-refractivity contribution in [3.63, 3.8) is 0 Å². The van der Waals surface area contributed by atoms with E-state index >= 15 is 4.57 Å². The quantitative estimate of drug-likeness (QED) is 0.0129. The second kappa shape index (κ2) is 35.1. The molecular weight excluding hydrogens is 1230 g/mol. The average molecular weight is 1300 g/mol. The summed E-state index contributed by atoms with van der Waals surface area (Å²) in [7, 11) is -3.41. The number of hydrogen-bond donors (Lipinski definition) is 10. The second-order valence-electron chi connectivity index (χ2n) is 19.1. The average Bonchev–Trinajstić information content (AvgIpc) is 1.99. The lowest BCUT2D eigenvalue weighted by Gasteiger charge is -2.25. The third kappa shape index (κ3) is 22.5. The van der Waals surface area contributed by atoms with Crippen molar-refractivity contribution in [2.75, 3.05) is 124 Å². The number of nitrogen functional groups attached to an aromatic ring is 1. The van der Waals surface area contributed by atoms with Gasteiger partial charge in [-0.2, -0.15) is 0 Å². The summed E-state index contributed by atoms with van der Waals surface area (Å²) in [5.74, 6) is -2.23. The van der Waals surface area contributed by atoms with Crippen LogP contribution in [0.25, 0.3) is 22.3 Å². The van der Waals surface area contributed by atoms with Crippen molar-refractivity contribution < 1.29 is 94.5 Å². The number of aromatic amines is 1. The monoisotopic (exact) mass is 1300 g/mol. The van der Waals surface area contributed by atoms with Gasteiger partial charge in [-0.15, -0.1) is 0 Å². The zero-order valence-corrected chi connectivity index (χ0v) is 50.5. The van der Waals surface area contributed by atoms with Crippen LogP contribution in [0.2, 0.25) is 0 Å². The number of nitrogens with two attached hydrogens (primary N) is 1. The van der Waals surface area contributed by atoms with E-state index in [1.165, 1.54) is 36.8 Å².